The lowest BCUT2D eigenvalue weighted by Crippen LogP contribution is -2.32. The zero-order valence-electron chi connectivity index (χ0n) is 18.8. The van der Waals surface area contributed by atoms with E-state index in [4.69, 9.17) is 0 Å². The van der Waals surface area contributed by atoms with Crippen molar-refractivity contribution in [3.05, 3.63) is 90.0 Å². The number of rotatable bonds is 8. The van der Waals surface area contributed by atoms with Crippen LogP contribution in [0.25, 0.3) is 0 Å². The van der Waals surface area contributed by atoms with Crippen LogP contribution in [0.1, 0.15) is 41.0 Å². The summed E-state index contributed by atoms with van der Waals surface area (Å²) in [5.74, 6) is -0.665. The Kier molecular flexibility index (Phi) is 7.50. The van der Waals surface area contributed by atoms with E-state index in [9.17, 15) is 18.0 Å². The van der Waals surface area contributed by atoms with Gasteiger partial charge in [-0.25, -0.2) is 8.42 Å². The highest BCUT2D eigenvalue weighted by Crippen LogP contribution is 2.23. The predicted molar refractivity (Wildman–Crippen MR) is 130 cm³/mol. The first-order chi connectivity index (χ1) is 15.7. The number of nitrogens with one attached hydrogen (secondary N) is 2. The summed E-state index contributed by atoms with van der Waals surface area (Å²) in [6, 6.07) is 21.2. The molecule has 0 saturated heterocycles. The topological polar surface area (TPSA) is 95.6 Å². The number of amides is 2. The highest BCUT2D eigenvalue weighted by molar-refractivity contribution is 7.92. The molecule has 0 heterocycles. The minimum atomic E-state index is -3.71. The third-order valence-corrected chi connectivity index (χ3v) is 7.10. The van der Waals surface area contributed by atoms with E-state index >= 15 is 0 Å². The molecule has 0 bridgehead atoms. The van der Waals surface area contributed by atoms with Crippen molar-refractivity contribution in [1.29, 1.82) is 0 Å². The molecular formula is C25H27N3O4S. The molecule has 2 N–H and O–H groups in total. The van der Waals surface area contributed by atoms with Crippen LogP contribution in [0.15, 0.2) is 83.8 Å². The first kappa shape index (κ1) is 24.0. The second-order valence-corrected chi connectivity index (χ2v) is 9.58. The first-order valence-electron chi connectivity index (χ1n) is 10.6. The zero-order valence-corrected chi connectivity index (χ0v) is 19.6. The van der Waals surface area contributed by atoms with Crippen LogP contribution in [0, 0.1) is 0 Å². The molecule has 3 rings (SSSR count). The third-order valence-electron chi connectivity index (χ3n) is 5.30. The molecule has 1 atom stereocenters. The number of para-hydroxylation sites is 1. The number of hydrogen-bond donors (Lipinski definition) is 2. The van der Waals surface area contributed by atoms with Crippen LogP contribution >= 0.6 is 0 Å². The summed E-state index contributed by atoms with van der Waals surface area (Å²) in [7, 11) is -2.25. The Labute approximate surface area is 194 Å². The molecule has 3 aromatic rings. The maximum absolute atomic E-state index is 12.8. The molecule has 0 spiro atoms. The SMILES string of the molecule is CC[C@@H](C)NC(=O)c1ccccc1NC(=O)c1ccc(N(C)S(=O)(=O)c2ccccc2)cc1. The highest BCUT2D eigenvalue weighted by atomic mass is 32.2. The molecule has 7 nitrogen and oxygen atoms in total. The van der Waals surface area contributed by atoms with Crippen molar-refractivity contribution in [1.82, 2.24) is 5.32 Å². The summed E-state index contributed by atoms with van der Waals surface area (Å²) in [5, 5.41) is 5.67. The maximum atomic E-state index is 12.8. The third kappa shape index (κ3) is 5.59. The Hall–Kier alpha value is -3.65. The largest absolute Gasteiger partial charge is 0.350 e. The Morgan fingerprint density at radius 2 is 1.48 bits per heavy atom. The van der Waals surface area contributed by atoms with Crippen molar-refractivity contribution in [2.45, 2.75) is 31.2 Å². The standard InChI is InChI=1S/C25H27N3O4S/c1-4-18(2)26-25(30)22-12-8-9-13-23(22)27-24(29)19-14-16-20(17-15-19)28(3)33(31,32)21-10-6-5-7-11-21/h5-18H,4H2,1-3H3,(H,26,30)(H,27,29)/t18-/m1/s1. The molecule has 172 valence electrons. The Balaban J connectivity index is 1.76. The lowest BCUT2D eigenvalue weighted by molar-refractivity contribution is 0.0940. The summed E-state index contributed by atoms with van der Waals surface area (Å²) in [5.41, 5.74) is 1.53. The lowest BCUT2D eigenvalue weighted by Gasteiger charge is -2.20. The Morgan fingerprint density at radius 1 is 0.879 bits per heavy atom. The van der Waals surface area contributed by atoms with Crippen molar-refractivity contribution < 1.29 is 18.0 Å². The number of anilines is 2. The maximum Gasteiger partial charge on any atom is 0.264 e. The second kappa shape index (κ2) is 10.3. The van der Waals surface area contributed by atoms with Gasteiger partial charge in [0.05, 0.1) is 21.8 Å². The van der Waals surface area contributed by atoms with Crippen LogP contribution < -0.4 is 14.9 Å². The van der Waals surface area contributed by atoms with Gasteiger partial charge in [0.25, 0.3) is 21.8 Å². The van der Waals surface area contributed by atoms with Crippen molar-refractivity contribution in [3.8, 4) is 0 Å². The number of sulfonamides is 1. The summed E-state index contributed by atoms with van der Waals surface area (Å²) < 4.78 is 26.8. The molecule has 33 heavy (non-hydrogen) atoms. The van der Waals surface area contributed by atoms with Crippen LogP contribution in [0.4, 0.5) is 11.4 Å². The molecule has 0 aromatic heterocycles. The fourth-order valence-corrected chi connectivity index (χ4v) is 4.32. The van der Waals surface area contributed by atoms with E-state index in [1.807, 2.05) is 13.8 Å². The summed E-state index contributed by atoms with van der Waals surface area (Å²) >= 11 is 0. The van der Waals surface area contributed by atoms with Gasteiger partial charge >= 0.3 is 0 Å². The zero-order chi connectivity index (χ0) is 24.0. The monoisotopic (exact) mass is 465 g/mol. The van der Waals surface area contributed by atoms with Gasteiger partial charge in [0.1, 0.15) is 0 Å². The number of benzene rings is 3. The molecule has 0 unspecified atom stereocenters. The van der Waals surface area contributed by atoms with Gasteiger partial charge in [0, 0.05) is 18.7 Å². The van der Waals surface area contributed by atoms with Crippen molar-refractivity contribution >= 4 is 33.2 Å². The molecule has 0 aliphatic carbocycles. The van der Waals surface area contributed by atoms with Gasteiger partial charge in [-0.15, -0.1) is 0 Å². The minimum Gasteiger partial charge on any atom is -0.350 e. The fraction of sp³-hybridized carbons (Fsp3) is 0.200. The lowest BCUT2D eigenvalue weighted by atomic mass is 10.1. The summed E-state index contributed by atoms with van der Waals surface area (Å²) in [4.78, 5) is 25.5. The van der Waals surface area contributed by atoms with Crippen LogP contribution in [0.2, 0.25) is 0 Å². The highest BCUT2D eigenvalue weighted by Gasteiger charge is 2.21. The average molecular weight is 466 g/mol. The second-order valence-electron chi connectivity index (χ2n) is 7.61. The normalized spacial score (nSPS) is 12.0. The number of carbonyl (C=O) groups excluding carboxylic acids is 2. The van der Waals surface area contributed by atoms with E-state index in [2.05, 4.69) is 10.6 Å². The van der Waals surface area contributed by atoms with Gasteiger partial charge in [-0.1, -0.05) is 37.3 Å². The molecule has 2 amide bonds. The Morgan fingerprint density at radius 3 is 2.12 bits per heavy atom. The number of hydrogen-bond acceptors (Lipinski definition) is 4. The predicted octanol–water partition coefficient (Wildman–Crippen LogP) is 4.29. The van der Waals surface area contributed by atoms with Crippen molar-refractivity contribution in [3.63, 3.8) is 0 Å². The van der Waals surface area contributed by atoms with Crippen molar-refractivity contribution in [2.75, 3.05) is 16.7 Å². The molecule has 3 aromatic carbocycles. The quantitative estimate of drug-likeness (QED) is 0.519. The number of carbonyl (C=O) groups is 2. The van der Waals surface area contributed by atoms with Crippen molar-refractivity contribution in [2.24, 2.45) is 0 Å². The molecule has 0 aliphatic rings. The van der Waals surface area contributed by atoms with Gasteiger partial charge in [-0.3, -0.25) is 13.9 Å². The van der Waals surface area contributed by atoms with Gasteiger partial charge in [0.2, 0.25) is 0 Å². The van der Waals surface area contributed by atoms with Crippen LogP contribution in [0.3, 0.4) is 0 Å². The van der Waals surface area contributed by atoms with E-state index in [1.54, 1.807) is 66.7 Å². The van der Waals surface area contributed by atoms with Gasteiger partial charge in [0.15, 0.2) is 0 Å². The molecule has 0 radical (unpaired) electrons. The van der Waals surface area contributed by atoms with Crippen LogP contribution in [-0.2, 0) is 10.0 Å². The van der Waals surface area contributed by atoms with E-state index in [0.717, 1.165) is 6.42 Å². The first-order valence-corrected chi connectivity index (χ1v) is 12.0. The van der Waals surface area contributed by atoms with Gasteiger partial charge < -0.3 is 10.6 Å². The van der Waals surface area contributed by atoms with E-state index < -0.39 is 15.9 Å². The van der Waals surface area contributed by atoms with Crippen LogP contribution in [-0.4, -0.2) is 33.3 Å². The summed E-state index contributed by atoms with van der Waals surface area (Å²) in [6.07, 6.45) is 0.793. The molecule has 0 fully saturated rings. The molecule has 0 saturated carbocycles. The average Bonchev–Trinajstić information content (AvgIpc) is 2.84. The minimum absolute atomic E-state index is 0.0120. The smallest absolute Gasteiger partial charge is 0.264 e. The molecule has 0 aliphatic heterocycles. The van der Waals surface area contributed by atoms with E-state index in [1.165, 1.54) is 23.5 Å². The van der Waals surface area contributed by atoms with Gasteiger partial charge in [-0.2, -0.15) is 0 Å². The molecule has 8 heteroatoms. The Bertz CT molecular complexity index is 1230. The number of nitrogens with zero attached hydrogens (tertiary/aromatic N) is 1. The fourth-order valence-electron chi connectivity index (χ4n) is 3.10. The van der Waals surface area contributed by atoms with E-state index in [0.29, 0.717) is 22.5 Å². The van der Waals surface area contributed by atoms with Crippen LogP contribution in [0.5, 0.6) is 0 Å². The molecular weight excluding hydrogens is 438 g/mol. The summed E-state index contributed by atoms with van der Waals surface area (Å²) in [6.45, 7) is 3.89. The van der Waals surface area contributed by atoms with E-state index in [-0.39, 0.29) is 16.8 Å². The van der Waals surface area contributed by atoms with Gasteiger partial charge in [-0.05, 0) is 61.9 Å².